The zero-order valence-corrected chi connectivity index (χ0v) is 14.3. The van der Waals surface area contributed by atoms with E-state index >= 15 is 0 Å². The Kier molecular flexibility index (Phi) is 10.9. The van der Waals surface area contributed by atoms with E-state index < -0.39 is 0 Å². The highest BCUT2D eigenvalue weighted by Gasteiger charge is 2.21. The van der Waals surface area contributed by atoms with Crippen molar-refractivity contribution >= 4 is 17.7 Å². The number of hydrogen-bond donors (Lipinski definition) is 1. The molecule has 5 heteroatoms. The molecule has 0 saturated heterocycles. The number of hydrogen-bond acceptors (Lipinski definition) is 3. The van der Waals surface area contributed by atoms with Gasteiger partial charge in [-0.05, 0) is 59.7 Å². The van der Waals surface area contributed by atoms with Crippen LogP contribution in [0, 0.1) is 0 Å². The van der Waals surface area contributed by atoms with Gasteiger partial charge in [0, 0.05) is 12.4 Å². The quantitative estimate of drug-likeness (QED) is 0.468. The van der Waals surface area contributed by atoms with Crippen molar-refractivity contribution in [1.29, 1.82) is 0 Å². The zero-order valence-electron chi connectivity index (χ0n) is 13.5. The van der Waals surface area contributed by atoms with E-state index in [4.69, 9.17) is 16.3 Å². The normalized spacial score (nSPS) is 11.7. The first-order chi connectivity index (χ1) is 9.41. The van der Waals surface area contributed by atoms with Crippen LogP contribution in [0.5, 0.6) is 0 Å². The van der Waals surface area contributed by atoms with Gasteiger partial charge in [0.25, 0.3) is 0 Å². The lowest BCUT2D eigenvalue weighted by atomic mass is 10.0. The predicted octanol–water partition coefficient (Wildman–Crippen LogP) is 3.63. The van der Waals surface area contributed by atoms with Crippen LogP contribution in [0.25, 0.3) is 0 Å². The third-order valence-corrected chi connectivity index (χ3v) is 3.43. The molecule has 0 unspecified atom stereocenters. The van der Waals surface area contributed by atoms with Gasteiger partial charge in [0.15, 0.2) is 0 Å². The summed E-state index contributed by atoms with van der Waals surface area (Å²) in [5.74, 6) is 0.696. The summed E-state index contributed by atoms with van der Waals surface area (Å²) < 4.78 is 5.43. The Morgan fingerprint density at radius 2 is 1.90 bits per heavy atom. The summed E-state index contributed by atoms with van der Waals surface area (Å²) in [6.07, 6.45) is 4.70. The van der Waals surface area contributed by atoms with Crippen molar-refractivity contribution < 1.29 is 9.53 Å². The maximum Gasteiger partial charge on any atom is 0.407 e. The van der Waals surface area contributed by atoms with Crippen LogP contribution in [-0.4, -0.2) is 49.2 Å². The second-order valence-electron chi connectivity index (χ2n) is 5.88. The summed E-state index contributed by atoms with van der Waals surface area (Å²) in [5, 5.41) is 2.81. The molecule has 0 heterocycles. The fourth-order valence-corrected chi connectivity index (χ4v) is 2.04. The van der Waals surface area contributed by atoms with Crippen molar-refractivity contribution in [2.75, 3.05) is 32.6 Å². The minimum atomic E-state index is -0.378. The number of alkyl halides is 1. The van der Waals surface area contributed by atoms with E-state index in [1.165, 1.54) is 0 Å². The highest BCUT2D eigenvalue weighted by molar-refractivity contribution is 6.17. The lowest BCUT2D eigenvalue weighted by molar-refractivity contribution is 0.0311. The fraction of sp³-hybridized carbons (Fsp3) is 0.933. The van der Waals surface area contributed by atoms with Crippen LogP contribution >= 0.6 is 11.6 Å². The van der Waals surface area contributed by atoms with Gasteiger partial charge in [-0.15, -0.1) is 11.6 Å². The van der Waals surface area contributed by atoms with Gasteiger partial charge >= 0.3 is 6.09 Å². The van der Waals surface area contributed by atoms with Crippen LogP contribution in [0.15, 0.2) is 0 Å². The summed E-state index contributed by atoms with van der Waals surface area (Å²) in [6, 6.07) is 0. The van der Waals surface area contributed by atoms with Crippen LogP contribution in [0.2, 0.25) is 0 Å². The van der Waals surface area contributed by atoms with Crippen LogP contribution in [-0.2, 0) is 4.74 Å². The molecule has 0 aromatic carbocycles. The van der Waals surface area contributed by atoms with Crippen molar-refractivity contribution in [2.45, 2.75) is 58.5 Å². The molecule has 1 N–H and O–H groups in total. The SMILES string of the molecule is CCCCC(C)(C)OC(=O)NCCCN(C)CCCCl. The molecule has 0 aliphatic rings. The lowest BCUT2D eigenvalue weighted by Crippen LogP contribution is -2.36. The second kappa shape index (κ2) is 11.2. The highest BCUT2D eigenvalue weighted by atomic mass is 35.5. The van der Waals surface area contributed by atoms with Crippen molar-refractivity contribution in [2.24, 2.45) is 0 Å². The van der Waals surface area contributed by atoms with Crippen molar-refractivity contribution in [1.82, 2.24) is 10.2 Å². The molecule has 0 atom stereocenters. The van der Waals surface area contributed by atoms with Gasteiger partial charge in [-0.1, -0.05) is 13.3 Å². The van der Waals surface area contributed by atoms with E-state index in [1.807, 2.05) is 13.8 Å². The minimum Gasteiger partial charge on any atom is -0.444 e. The number of ether oxygens (including phenoxy) is 1. The van der Waals surface area contributed by atoms with E-state index in [0.717, 1.165) is 45.2 Å². The van der Waals surface area contributed by atoms with Crippen molar-refractivity contribution in [3.05, 3.63) is 0 Å². The van der Waals surface area contributed by atoms with Gasteiger partial charge in [0.2, 0.25) is 0 Å². The number of rotatable bonds is 11. The van der Waals surface area contributed by atoms with Gasteiger partial charge in [0.05, 0.1) is 0 Å². The molecule has 0 radical (unpaired) electrons. The molecule has 0 spiro atoms. The first-order valence-corrected chi connectivity index (χ1v) is 8.16. The Morgan fingerprint density at radius 3 is 2.50 bits per heavy atom. The van der Waals surface area contributed by atoms with E-state index in [9.17, 15) is 4.79 Å². The lowest BCUT2D eigenvalue weighted by Gasteiger charge is -2.25. The van der Waals surface area contributed by atoms with Crippen LogP contribution in [0.3, 0.4) is 0 Å². The Bertz CT molecular complexity index is 260. The Labute approximate surface area is 129 Å². The monoisotopic (exact) mass is 306 g/mol. The molecule has 0 rings (SSSR count). The highest BCUT2D eigenvalue weighted by Crippen LogP contribution is 2.17. The average molecular weight is 307 g/mol. The molecule has 0 aromatic heterocycles. The summed E-state index contributed by atoms with van der Waals surface area (Å²) in [6.45, 7) is 8.66. The molecule has 0 aliphatic heterocycles. The van der Waals surface area contributed by atoms with Gasteiger partial charge in [-0.2, -0.15) is 0 Å². The topological polar surface area (TPSA) is 41.6 Å². The summed E-state index contributed by atoms with van der Waals surface area (Å²) in [7, 11) is 2.07. The summed E-state index contributed by atoms with van der Waals surface area (Å²) >= 11 is 5.65. The molecule has 0 aromatic rings. The maximum absolute atomic E-state index is 11.7. The summed E-state index contributed by atoms with van der Waals surface area (Å²) in [5.41, 5.74) is -0.378. The number of nitrogens with zero attached hydrogens (tertiary/aromatic N) is 1. The van der Waals surface area contributed by atoms with E-state index in [2.05, 4.69) is 24.2 Å². The molecule has 1 amide bonds. The molecule has 0 fully saturated rings. The standard InChI is InChI=1S/C15H31ClN2O2/c1-5-6-9-15(2,3)20-14(19)17-11-8-13-18(4)12-7-10-16/h5-13H2,1-4H3,(H,17,19). The number of carbonyl (C=O) groups is 1. The number of unbranched alkanes of at least 4 members (excludes halogenated alkanes) is 1. The molecular weight excluding hydrogens is 276 g/mol. The Morgan fingerprint density at radius 1 is 1.25 bits per heavy atom. The molecule has 0 bridgehead atoms. The van der Waals surface area contributed by atoms with Gasteiger partial charge in [-0.25, -0.2) is 4.79 Å². The van der Waals surface area contributed by atoms with Gasteiger partial charge in [-0.3, -0.25) is 0 Å². The smallest absolute Gasteiger partial charge is 0.407 e. The third-order valence-electron chi connectivity index (χ3n) is 3.16. The second-order valence-corrected chi connectivity index (χ2v) is 6.26. The molecule has 20 heavy (non-hydrogen) atoms. The molecule has 120 valence electrons. The van der Waals surface area contributed by atoms with Gasteiger partial charge < -0.3 is 15.0 Å². The summed E-state index contributed by atoms with van der Waals surface area (Å²) in [4.78, 5) is 13.9. The van der Waals surface area contributed by atoms with E-state index in [0.29, 0.717) is 12.4 Å². The van der Waals surface area contributed by atoms with Crippen LogP contribution in [0.4, 0.5) is 4.79 Å². The number of halogens is 1. The molecule has 0 saturated carbocycles. The third kappa shape index (κ3) is 11.4. The molecular formula is C15H31ClN2O2. The molecule has 0 aliphatic carbocycles. The van der Waals surface area contributed by atoms with E-state index in [1.54, 1.807) is 0 Å². The van der Waals surface area contributed by atoms with Crippen LogP contribution < -0.4 is 5.32 Å². The zero-order chi connectivity index (χ0) is 15.4. The fourth-order valence-electron chi connectivity index (χ4n) is 1.92. The number of amides is 1. The van der Waals surface area contributed by atoms with Gasteiger partial charge in [0.1, 0.15) is 5.60 Å². The Hall–Kier alpha value is -0.480. The van der Waals surface area contributed by atoms with E-state index in [-0.39, 0.29) is 11.7 Å². The Balaban J connectivity index is 3.67. The van der Waals surface area contributed by atoms with Crippen LogP contribution in [0.1, 0.15) is 52.9 Å². The largest absolute Gasteiger partial charge is 0.444 e. The minimum absolute atomic E-state index is 0.311. The number of alkyl carbamates (subject to hydrolysis) is 1. The number of carbonyl (C=O) groups excluding carboxylic acids is 1. The molecule has 4 nitrogen and oxygen atoms in total. The van der Waals surface area contributed by atoms with Crippen molar-refractivity contribution in [3.63, 3.8) is 0 Å². The first kappa shape index (κ1) is 19.5. The first-order valence-electron chi connectivity index (χ1n) is 7.62. The predicted molar refractivity (Wildman–Crippen MR) is 85.5 cm³/mol. The maximum atomic E-state index is 11.7. The average Bonchev–Trinajstić information content (AvgIpc) is 2.38. The number of nitrogens with one attached hydrogen (secondary N) is 1. The van der Waals surface area contributed by atoms with Crippen molar-refractivity contribution in [3.8, 4) is 0 Å².